The number of ketones is 1. The van der Waals surface area contributed by atoms with Crippen LogP contribution in [0.3, 0.4) is 0 Å². The van der Waals surface area contributed by atoms with E-state index in [0.717, 1.165) is 25.7 Å². The van der Waals surface area contributed by atoms with E-state index in [1.54, 1.807) is 0 Å². The lowest BCUT2D eigenvalue weighted by molar-refractivity contribution is 0.0474. The molecule has 1 fully saturated rings. The van der Waals surface area contributed by atoms with Gasteiger partial charge in [-0.25, -0.2) is 13.2 Å². The van der Waals surface area contributed by atoms with Crippen molar-refractivity contribution in [2.24, 2.45) is 0 Å². The van der Waals surface area contributed by atoms with Gasteiger partial charge < -0.3 is 18.9 Å². The fraction of sp³-hybridized carbons (Fsp3) is 0.417. The first-order chi connectivity index (χ1) is 16.7. The fourth-order valence-electron chi connectivity index (χ4n) is 3.79. The Morgan fingerprint density at radius 1 is 0.886 bits per heavy atom. The Hall–Kier alpha value is -2.82. The molecule has 1 heterocycles. The van der Waals surface area contributed by atoms with Crippen LogP contribution in [-0.2, 0) is 14.8 Å². The number of carbonyl (C=O) groups is 2. The predicted molar refractivity (Wildman–Crippen MR) is 129 cm³/mol. The van der Waals surface area contributed by atoms with Crippen molar-refractivity contribution in [3.8, 4) is 17.2 Å². The zero-order chi connectivity index (χ0) is 25.6. The van der Waals surface area contributed by atoms with Gasteiger partial charge in [-0.1, -0.05) is 24.4 Å². The third kappa shape index (κ3) is 6.06. The molecule has 3 rings (SSSR count). The van der Waals surface area contributed by atoms with Crippen molar-refractivity contribution < 1.29 is 37.0 Å². The summed E-state index contributed by atoms with van der Waals surface area (Å²) in [5, 5.41) is 0.0132. The van der Waals surface area contributed by atoms with Crippen molar-refractivity contribution in [2.75, 3.05) is 41.0 Å². The first kappa shape index (κ1) is 26.8. The zero-order valence-corrected chi connectivity index (χ0v) is 21.4. The highest BCUT2D eigenvalue weighted by Gasteiger charge is 2.28. The van der Waals surface area contributed by atoms with Gasteiger partial charge in [-0.3, -0.25) is 4.79 Å². The average Bonchev–Trinajstić information content (AvgIpc) is 3.16. The zero-order valence-electron chi connectivity index (χ0n) is 19.8. The van der Waals surface area contributed by atoms with Crippen molar-refractivity contribution in [3.63, 3.8) is 0 Å². The van der Waals surface area contributed by atoms with E-state index in [-0.39, 0.29) is 32.5 Å². The highest BCUT2D eigenvalue weighted by atomic mass is 35.5. The van der Waals surface area contributed by atoms with Gasteiger partial charge >= 0.3 is 5.97 Å². The standard InChI is InChI=1S/C24H28ClNO8S/c1-31-20-12-17(13-21(32-2)23(20)33-3)19(27)15-34-24(28)16-8-9-18(25)22(14-16)35(29,30)26-10-6-4-5-7-11-26/h8-9,12-14H,4-7,10-11,15H2,1-3H3. The van der Waals surface area contributed by atoms with Gasteiger partial charge in [-0.2, -0.15) is 4.31 Å². The molecule has 0 radical (unpaired) electrons. The van der Waals surface area contributed by atoms with Gasteiger partial charge in [0.2, 0.25) is 21.6 Å². The van der Waals surface area contributed by atoms with Crippen LogP contribution < -0.4 is 14.2 Å². The van der Waals surface area contributed by atoms with Crippen molar-refractivity contribution in [1.82, 2.24) is 4.31 Å². The van der Waals surface area contributed by atoms with E-state index in [0.29, 0.717) is 18.8 Å². The van der Waals surface area contributed by atoms with E-state index in [2.05, 4.69) is 0 Å². The van der Waals surface area contributed by atoms with Crippen LogP contribution in [0.4, 0.5) is 0 Å². The van der Waals surface area contributed by atoms with E-state index >= 15 is 0 Å². The largest absolute Gasteiger partial charge is 0.493 e. The monoisotopic (exact) mass is 525 g/mol. The molecule has 0 bridgehead atoms. The van der Waals surface area contributed by atoms with E-state index in [4.69, 9.17) is 30.5 Å². The Bertz CT molecular complexity index is 1170. The normalized spacial score (nSPS) is 14.6. The molecule has 0 aromatic heterocycles. The second-order valence-corrected chi connectivity index (χ2v) is 10.2. The second-order valence-electron chi connectivity index (χ2n) is 7.88. The maximum Gasteiger partial charge on any atom is 0.338 e. The SMILES string of the molecule is COc1cc(C(=O)COC(=O)c2ccc(Cl)c(S(=O)(=O)N3CCCCCC3)c2)cc(OC)c1OC. The Kier molecular flexibility index (Phi) is 8.98. The Balaban J connectivity index is 1.77. The lowest BCUT2D eigenvalue weighted by Gasteiger charge is -2.21. The maximum atomic E-state index is 13.2. The maximum absolute atomic E-state index is 13.2. The average molecular weight is 526 g/mol. The molecule has 2 aromatic carbocycles. The molecule has 0 N–H and O–H groups in total. The Morgan fingerprint density at radius 2 is 1.49 bits per heavy atom. The van der Waals surface area contributed by atoms with E-state index < -0.39 is 28.4 Å². The van der Waals surface area contributed by atoms with E-state index in [1.165, 1.54) is 56.0 Å². The fourth-order valence-corrected chi connectivity index (χ4v) is 5.81. The second kappa shape index (κ2) is 11.7. The van der Waals surface area contributed by atoms with Gasteiger partial charge in [0.15, 0.2) is 18.1 Å². The number of nitrogens with zero attached hydrogens (tertiary/aromatic N) is 1. The summed E-state index contributed by atoms with van der Waals surface area (Å²) in [5.41, 5.74) is 0.160. The molecule has 0 spiro atoms. The number of halogens is 1. The van der Waals surface area contributed by atoms with Crippen LogP contribution in [0.25, 0.3) is 0 Å². The van der Waals surface area contributed by atoms with Crippen LogP contribution in [0.2, 0.25) is 5.02 Å². The molecule has 0 amide bonds. The molecule has 1 saturated heterocycles. The summed E-state index contributed by atoms with van der Waals surface area (Å²) in [6, 6.07) is 6.78. The van der Waals surface area contributed by atoms with Gasteiger partial charge in [0.1, 0.15) is 4.90 Å². The molecule has 0 saturated carbocycles. The highest BCUT2D eigenvalue weighted by molar-refractivity contribution is 7.89. The van der Waals surface area contributed by atoms with Crippen LogP contribution in [0, 0.1) is 0 Å². The summed E-state index contributed by atoms with van der Waals surface area (Å²) < 4.78 is 48.6. The number of sulfonamides is 1. The number of esters is 1. The van der Waals surface area contributed by atoms with Crippen LogP contribution in [0.5, 0.6) is 17.2 Å². The third-order valence-electron chi connectivity index (χ3n) is 5.67. The molecular formula is C24H28ClNO8S. The smallest absolute Gasteiger partial charge is 0.338 e. The van der Waals surface area contributed by atoms with Crippen molar-refractivity contribution >= 4 is 33.4 Å². The van der Waals surface area contributed by atoms with Gasteiger partial charge in [0.05, 0.1) is 31.9 Å². The summed E-state index contributed by atoms with van der Waals surface area (Å²) in [6.45, 7) is 0.224. The van der Waals surface area contributed by atoms with Gasteiger partial charge in [0.25, 0.3) is 0 Å². The number of methoxy groups -OCH3 is 3. The third-order valence-corrected chi connectivity index (χ3v) is 8.05. The van der Waals surface area contributed by atoms with Crippen molar-refractivity contribution in [1.29, 1.82) is 0 Å². The molecule has 190 valence electrons. The van der Waals surface area contributed by atoms with Crippen molar-refractivity contribution in [2.45, 2.75) is 30.6 Å². The molecule has 9 nitrogen and oxygen atoms in total. The summed E-state index contributed by atoms with van der Waals surface area (Å²) >= 11 is 6.19. The van der Waals surface area contributed by atoms with E-state index in [1.807, 2.05) is 0 Å². The lowest BCUT2D eigenvalue weighted by atomic mass is 10.1. The molecular weight excluding hydrogens is 498 g/mol. The topological polar surface area (TPSA) is 108 Å². The number of Topliss-reactive ketones (excluding diaryl/α,β-unsaturated/α-hetero) is 1. The molecule has 0 unspecified atom stereocenters. The highest BCUT2D eigenvalue weighted by Crippen LogP contribution is 2.38. The molecule has 35 heavy (non-hydrogen) atoms. The Morgan fingerprint density at radius 3 is 2.03 bits per heavy atom. The molecule has 11 heteroatoms. The van der Waals surface area contributed by atoms with Crippen LogP contribution in [0.1, 0.15) is 46.4 Å². The summed E-state index contributed by atoms with van der Waals surface area (Å²) in [7, 11) is 0.400. The number of ether oxygens (including phenoxy) is 4. The minimum atomic E-state index is -3.88. The van der Waals surface area contributed by atoms with E-state index in [9.17, 15) is 18.0 Å². The van der Waals surface area contributed by atoms with Gasteiger partial charge in [-0.15, -0.1) is 0 Å². The number of hydrogen-bond acceptors (Lipinski definition) is 8. The number of hydrogen-bond donors (Lipinski definition) is 0. The quantitative estimate of drug-likeness (QED) is 0.357. The summed E-state index contributed by atoms with van der Waals surface area (Å²) in [6.07, 6.45) is 3.46. The molecule has 1 aliphatic rings. The molecule has 0 atom stereocenters. The lowest BCUT2D eigenvalue weighted by Crippen LogP contribution is -2.32. The van der Waals surface area contributed by atoms with Crippen LogP contribution in [0.15, 0.2) is 35.2 Å². The van der Waals surface area contributed by atoms with Crippen LogP contribution >= 0.6 is 11.6 Å². The van der Waals surface area contributed by atoms with Gasteiger partial charge in [0, 0.05) is 18.7 Å². The minimum Gasteiger partial charge on any atom is -0.493 e. The van der Waals surface area contributed by atoms with Gasteiger partial charge in [-0.05, 0) is 43.2 Å². The van der Waals surface area contributed by atoms with Crippen LogP contribution in [-0.4, -0.2) is 65.5 Å². The first-order valence-corrected chi connectivity index (χ1v) is 12.8. The number of rotatable bonds is 9. The molecule has 1 aliphatic heterocycles. The molecule has 0 aliphatic carbocycles. The number of benzene rings is 2. The summed E-state index contributed by atoms with van der Waals surface area (Å²) in [5.74, 6) is -0.480. The summed E-state index contributed by atoms with van der Waals surface area (Å²) in [4.78, 5) is 25.2. The number of carbonyl (C=O) groups excluding carboxylic acids is 2. The van der Waals surface area contributed by atoms with Crippen molar-refractivity contribution in [3.05, 3.63) is 46.5 Å². The first-order valence-electron chi connectivity index (χ1n) is 11.0. The minimum absolute atomic E-state index is 0.0132. The Labute approximate surface area is 209 Å². The predicted octanol–water partition coefficient (Wildman–Crippen LogP) is 3.97. The molecule has 2 aromatic rings.